The number of rotatable bonds is 4. The molecule has 1 aliphatic heterocycles. The Bertz CT molecular complexity index is 570. The monoisotopic (exact) mass is 274 g/mol. The van der Waals surface area contributed by atoms with Crippen molar-refractivity contribution >= 4 is 17.3 Å². The summed E-state index contributed by atoms with van der Waals surface area (Å²) in [5.74, 6) is 2.00. The summed E-state index contributed by atoms with van der Waals surface area (Å²) in [6.07, 6.45) is 7.93. The predicted molar refractivity (Wildman–Crippen MR) is 80.7 cm³/mol. The van der Waals surface area contributed by atoms with E-state index < -0.39 is 0 Å². The first-order valence-corrected chi connectivity index (χ1v) is 7.31. The van der Waals surface area contributed by atoms with Gasteiger partial charge in [0.05, 0.1) is 6.20 Å². The van der Waals surface area contributed by atoms with Crippen LogP contribution >= 0.6 is 0 Å². The number of hydrogen-bond acceptors (Lipinski definition) is 5. The molecule has 2 aromatic heterocycles. The zero-order valence-electron chi connectivity index (χ0n) is 11.9. The number of nitrogen functional groups attached to an aromatic ring is 1. The lowest BCUT2D eigenvalue weighted by atomic mass is 9.97. The molecule has 1 fully saturated rings. The van der Waals surface area contributed by atoms with E-state index in [9.17, 15) is 0 Å². The van der Waals surface area contributed by atoms with Gasteiger partial charge in [0.15, 0.2) is 11.5 Å². The van der Waals surface area contributed by atoms with E-state index in [1.165, 1.54) is 25.9 Å². The maximum Gasteiger partial charge on any atom is 0.180 e. The highest BCUT2D eigenvalue weighted by Gasteiger charge is 2.18. The van der Waals surface area contributed by atoms with Crippen LogP contribution in [0.15, 0.2) is 18.6 Å². The number of imidazole rings is 1. The molecule has 0 saturated carbocycles. The fourth-order valence-electron chi connectivity index (χ4n) is 2.82. The Balaban J connectivity index is 1.64. The van der Waals surface area contributed by atoms with E-state index in [4.69, 9.17) is 5.73 Å². The number of fused-ring (bicyclic) bond motifs is 1. The normalized spacial score (nSPS) is 17.6. The van der Waals surface area contributed by atoms with Gasteiger partial charge >= 0.3 is 0 Å². The van der Waals surface area contributed by atoms with Crippen molar-refractivity contribution in [1.29, 1.82) is 0 Å². The molecule has 6 nitrogen and oxygen atoms in total. The maximum absolute atomic E-state index is 5.82. The van der Waals surface area contributed by atoms with Crippen LogP contribution in [0.1, 0.15) is 19.8 Å². The van der Waals surface area contributed by atoms with E-state index in [0.29, 0.717) is 11.7 Å². The van der Waals surface area contributed by atoms with Crippen molar-refractivity contribution in [3.63, 3.8) is 0 Å². The highest BCUT2D eigenvalue weighted by Crippen LogP contribution is 2.19. The minimum absolute atomic E-state index is 0.513. The number of nitrogens with two attached hydrogens (primary N) is 1. The molecule has 0 atom stereocenters. The van der Waals surface area contributed by atoms with Crippen LogP contribution in [0.3, 0.4) is 0 Å². The summed E-state index contributed by atoms with van der Waals surface area (Å²) in [7, 11) is 0. The van der Waals surface area contributed by atoms with E-state index in [-0.39, 0.29) is 0 Å². The number of nitrogens with zero attached hydrogens (tertiary/aromatic N) is 4. The SMILES string of the molecule is CCN1CCC(CNc2nc(N)cn3ccnc23)CC1. The van der Waals surface area contributed by atoms with Crippen molar-refractivity contribution in [2.45, 2.75) is 19.8 Å². The van der Waals surface area contributed by atoms with E-state index in [0.717, 1.165) is 24.6 Å². The molecule has 3 rings (SSSR count). The largest absolute Gasteiger partial charge is 0.382 e. The predicted octanol–water partition coefficient (Wildman–Crippen LogP) is 1.46. The van der Waals surface area contributed by atoms with Crippen LogP contribution in [-0.4, -0.2) is 45.4 Å². The molecule has 1 aliphatic rings. The van der Waals surface area contributed by atoms with Crippen LogP contribution in [0, 0.1) is 5.92 Å². The number of nitrogens with one attached hydrogen (secondary N) is 1. The Morgan fingerprint density at radius 3 is 2.95 bits per heavy atom. The van der Waals surface area contributed by atoms with Gasteiger partial charge in [-0.1, -0.05) is 6.92 Å². The van der Waals surface area contributed by atoms with Gasteiger partial charge in [-0.15, -0.1) is 0 Å². The highest BCUT2D eigenvalue weighted by molar-refractivity contribution is 5.64. The van der Waals surface area contributed by atoms with Crippen molar-refractivity contribution in [2.75, 3.05) is 37.2 Å². The lowest BCUT2D eigenvalue weighted by Gasteiger charge is -2.31. The second kappa shape index (κ2) is 5.66. The maximum atomic E-state index is 5.82. The molecule has 3 N–H and O–H groups in total. The van der Waals surface area contributed by atoms with E-state index in [1.807, 2.05) is 10.6 Å². The van der Waals surface area contributed by atoms with Gasteiger partial charge in [0, 0.05) is 18.9 Å². The average molecular weight is 274 g/mol. The van der Waals surface area contributed by atoms with Crippen molar-refractivity contribution in [3.05, 3.63) is 18.6 Å². The first-order valence-electron chi connectivity index (χ1n) is 7.31. The summed E-state index contributed by atoms with van der Waals surface area (Å²) in [4.78, 5) is 11.2. The molecular formula is C14H22N6. The van der Waals surface area contributed by atoms with Crippen molar-refractivity contribution < 1.29 is 0 Å². The fourth-order valence-corrected chi connectivity index (χ4v) is 2.82. The van der Waals surface area contributed by atoms with Gasteiger partial charge in [-0.05, 0) is 38.4 Å². The van der Waals surface area contributed by atoms with Crippen LogP contribution < -0.4 is 11.1 Å². The van der Waals surface area contributed by atoms with Crippen molar-refractivity contribution in [2.24, 2.45) is 5.92 Å². The van der Waals surface area contributed by atoms with Gasteiger partial charge in [0.1, 0.15) is 5.82 Å². The quantitative estimate of drug-likeness (QED) is 0.883. The molecule has 0 aromatic carbocycles. The van der Waals surface area contributed by atoms with Gasteiger partial charge in [-0.3, -0.25) is 0 Å². The van der Waals surface area contributed by atoms with E-state index in [2.05, 4.69) is 27.1 Å². The number of anilines is 2. The van der Waals surface area contributed by atoms with Crippen LogP contribution in [0.2, 0.25) is 0 Å². The van der Waals surface area contributed by atoms with Crippen molar-refractivity contribution in [3.8, 4) is 0 Å². The molecule has 0 aliphatic carbocycles. The average Bonchev–Trinajstić information content (AvgIpc) is 2.93. The number of likely N-dealkylation sites (tertiary alicyclic amines) is 1. The molecule has 6 heteroatoms. The Hall–Kier alpha value is -1.82. The Labute approximate surface area is 119 Å². The van der Waals surface area contributed by atoms with Crippen molar-refractivity contribution in [1.82, 2.24) is 19.3 Å². The van der Waals surface area contributed by atoms with Crippen LogP contribution in [0.5, 0.6) is 0 Å². The third kappa shape index (κ3) is 2.70. The first kappa shape index (κ1) is 13.2. The third-order valence-electron chi connectivity index (χ3n) is 4.11. The molecule has 2 aromatic rings. The highest BCUT2D eigenvalue weighted by atomic mass is 15.1. The summed E-state index contributed by atoms with van der Waals surface area (Å²) in [6.45, 7) is 6.73. The summed E-state index contributed by atoms with van der Waals surface area (Å²) in [6, 6.07) is 0. The zero-order chi connectivity index (χ0) is 13.9. The smallest absolute Gasteiger partial charge is 0.180 e. The number of piperidine rings is 1. The van der Waals surface area contributed by atoms with Crippen LogP contribution in [0.4, 0.5) is 11.6 Å². The van der Waals surface area contributed by atoms with E-state index in [1.54, 1.807) is 12.4 Å². The Morgan fingerprint density at radius 2 is 2.20 bits per heavy atom. The molecule has 0 amide bonds. The second-order valence-electron chi connectivity index (χ2n) is 5.43. The number of hydrogen-bond donors (Lipinski definition) is 2. The minimum Gasteiger partial charge on any atom is -0.382 e. The second-order valence-corrected chi connectivity index (χ2v) is 5.43. The molecule has 20 heavy (non-hydrogen) atoms. The van der Waals surface area contributed by atoms with Gasteiger partial charge in [0.2, 0.25) is 0 Å². The first-order chi connectivity index (χ1) is 9.76. The third-order valence-corrected chi connectivity index (χ3v) is 4.11. The molecule has 0 unspecified atom stereocenters. The Morgan fingerprint density at radius 1 is 1.40 bits per heavy atom. The van der Waals surface area contributed by atoms with Gasteiger partial charge < -0.3 is 20.4 Å². The topological polar surface area (TPSA) is 71.5 Å². The molecule has 0 spiro atoms. The van der Waals surface area contributed by atoms with E-state index >= 15 is 0 Å². The minimum atomic E-state index is 0.513. The molecule has 0 bridgehead atoms. The van der Waals surface area contributed by atoms with Gasteiger partial charge in [-0.25, -0.2) is 9.97 Å². The molecular weight excluding hydrogens is 252 g/mol. The summed E-state index contributed by atoms with van der Waals surface area (Å²) >= 11 is 0. The molecule has 3 heterocycles. The van der Waals surface area contributed by atoms with Gasteiger partial charge in [-0.2, -0.15) is 0 Å². The molecule has 1 saturated heterocycles. The Kier molecular flexibility index (Phi) is 3.73. The molecule has 108 valence electrons. The molecule has 0 radical (unpaired) electrons. The summed E-state index contributed by atoms with van der Waals surface area (Å²) in [5.41, 5.74) is 6.66. The standard InChI is InChI=1S/C14H22N6/c1-2-19-6-3-11(4-7-19)9-17-13-14-16-5-8-20(14)10-12(15)18-13/h5,8,10-11H,2-4,6-7,9,15H2,1H3,(H,17,18). The van der Waals surface area contributed by atoms with Crippen LogP contribution in [0.25, 0.3) is 5.65 Å². The lowest BCUT2D eigenvalue weighted by molar-refractivity contribution is 0.198. The number of aromatic nitrogens is 3. The summed E-state index contributed by atoms with van der Waals surface area (Å²) < 4.78 is 1.91. The lowest BCUT2D eigenvalue weighted by Crippen LogP contribution is -2.35. The van der Waals surface area contributed by atoms with Crippen LogP contribution in [-0.2, 0) is 0 Å². The zero-order valence-corrected chi connectivity index (χ0v) is 11.9. The van der Waals surface area contributed by atoms with Gasteiger partial charge in [0.25, 0.3) is 0 Å². The fraction of sp³-hybridized carbons (Fsp3) is 0.571. The summed E-state index contributed by atoms with van der Waals surface area (Å²) in [5, 5.41) is 3.42.